The van der Waals surface area contributed by atoms with E-state index in [4.69, 9.17) is 13.7 Å². The Balaban J connectivity index is 1.13. The maximum Gasteiger partial charge on any atom is 0.291 e. The lowest BCUT2D eigenvalue weighted by molar-refractivity contribution is -0.116. The monoisotopic (exact) mass is 557 g/mol. The second-order valence-corrected chi connectivity index (χ2v) is 10.3. The molecule has 1 fully saturated rings. The van der Waals surface area contributed by atoms with Crippen molar-refractivity contribution in [3.05, 3.63) is 77.7 Å². The third-order valence-electron chi connectivity index (χ3n) is 6.83. The number of ether oxygens (including phenoxy) is 1. The van der Waals surface area contributed by atoms with Crippen LogP contribution in [0.25, 0.3) is 21.7 Å². The zero-order valence-electron chi connectivity index (χ0n) is 21.8. The van der Waals surface area contributed by atoms with E-state index in [1.54, 1.807) is 18.1 Å². The van der Waals surface area contributed by atoms with Crippen LogP contribution in [0.3, 0.4) is 0 Å². The molecule has 11 heteroatoms. The topological polar surface area (TPSA) is 114 Å². The largest absolute Gasteiger partial charge is 0.497 e. The number of para-hydroxylation sites is 1. The Hall–Kier alpha value is -4.64. The Kier molecular flexibility index (Phi) is 7.19. The first-order valence-electron chi connectivity index (χ1n) is 12.9. The fraction of sp³-hybridized carbons (Fsp3) is 0.241. The Labute approximate surface area is 234 Å². The molecule has 0 radical (unpaired) electrons. The smallest absolute Gasteiger partial charge is 0.291 e. The molecule has 2 aromatic carbocycles. The number of fused-ring (bicyclic) bond motifs is 1. The van der Waals surface area contributed by atoms with Crippen molar-refractivity contribution < 1.29 is 23.3 Å². The number of thiophene rings is 1. The molecule has 6 rings (SSSR count). The number of hydrogen-bond acceptors (Lipinski definition) is 9. The van der Waals surface area contributed by atoms with Gasteiger partial charge in [0.2, 0.25) is 23.4 Å². The van der Waals surface area contributed by atoms with Crippen molar-refractivity contribution in [3.8, 4) is 16.5 Å². The molecule has 0 aliphatic carbocycles. The first-order chi connectivity index (χ1) is 19.6. The van der Waals surface area contributed by atoms with Crippen LogP contribution in [0.2, 0.25) is 0 Å². The minimum atomic E-state index is -0.277. The number of hydrogen-bond donors (Lipinski definition) is 1. The average molecular weight is 558 g/mol. The predicted molar refractivity (Wildman–Crippen MR) is 152 cm³/mol. The number of piperazine rings is 1. The summed E-state index contributed by atoms with van der Waals surface area (Å²) in [6, 6.07) is 19.0. The molecule has 2 amide bonds. The number of aromatic nitrogens is 2. The van der Waals surface area contributed by atoms with Gasteiger partial charge in [-0.1, -0.05) is 23.4 Å². The number of amides is 2. The van der Waals surface area contributed by atoms with E-state index < -0.39 is 0 Å². The lowest BCUT2D eigenvalue weighted by Crippen LogP contribution is -2.48. The minimum Gasteiger partial charge on any atom is -0.497 e. The van der Waals surface area contributed by atoms with Gasteiger partial charge < -0.3 is 28.8 Å². The molecule has 4 heterocycles. The van der Waals surface area contributed by atoms with E-state index in [-0.39, 0.29) is 30.4 Å². The summed E-state index contributed by atoms with van der Waals surface area (Å²) < 4.78 is 16.5. The second-order valence-electron chi connectivity index (χ2n) is 9.32. The van der Waals surface area contributed by atoms with E-state index in [0.29, 0.717) is 54.6 Å². The van der Waals surface area contributed by atoms with Crippen LogP contribution in [0.4, 0.5) is 11.4 Å². The number of nitrogens with zero attached hydrogens (tertiary/aromatic N) is 4. The van der Waals surface area contributed by atoms with Gasteiger partial charge in [0.25, 0.3) is 5.91 Å². The number of furan rings is 1. The van der Waals surface area contributed by atoms with Gasteiger partial charge in [0.15, 0.2) is 0 Å². The molecule has 3 aromatic heterocycles. The van der Waals surface area contributed by atoms with E-state index in [1.165, 1.54) is 11.3 Å². The van der Waals surface area contributed by atoms with E-state index in [2.05, 4.69) is 20.4 Å². The first kappa shape index (κ1) is 25.6. The summed E-state index contributed by atoms with van der Waals surface area (Å²) in [4.78, 5) is 35.9. The number of methoxy groups -OCH3 is 1. The molecule has 1 saturated heterocycles. The summed E-state index contributed by atoms with van der Waals surface area (Å²) in [5, 5.41) is 9.52. The standard InChI is InChI=1S/C29H27N5O5S/c1-37-20-10-8-19(9-11-20)33-14-16-34(17-15-33)29(36)27-26(21-5-2-3-6-22(21)38-27)30-24(35)12-13-25-31-28(32-39-25)23-7-4-18-40-23/h2-11,18H,12-17H2,1H3,(H,30,35). The molecule has 40 heavy (non-hydrogen) atoms. The molecular formula is C29H27N5O5S. The van der Waals surface area contributed by atoms with Crippen LogP contribution < -0.4 is 15.0 Å². The number of nitrogens with one attached hydrogen (secondary N) is 1. The number of benzene rings is 2. The molecule has 1 aliphatic heterocycles. The van der Waals surface area contributed by atoms with Gasteiger partial charge >= 0.3 is 0 Å². The first-order valence-corrected chi connectivity index (χ1v) is 13.8. The van der Waals surface area contributed by atoms with Gasteiger partial charge in [-0.15, -0.1) is 11.3 Å². The van der Waals surface area contributed by atoms with Crippen molar-refractivity contribution in [1.29, 1.82) is 0 Å². The Morgan fingerprint density at radius 1 is 1.02 bits per heavy atom. The number of aryl methyl sites for hydroxylation is 1. The SMILES string of the molecule is COc1ccc(N2CCN(C(=O)c3oc4ccccc4c3NC(=O)CCc3nc(-c4cccs4)no3)CC2)cc1. The van der Waals surface area contributed by atoms with Crippen LogP contribution in [0, 0.1) is 0 Å². The van der Waals surface area contributed by atoms with Crippen LogP contribution in [-0.4, -0.2) is 60.1 Å². The Morgan fingerprint density at radius 3 is 2.58 bits per heavy atom. The highest BCUT2D eigenvalue weighted by Gasteiger charge is 2.29. The predicted octanol–water partition coefficient (Wildman–Crippen LogP) is 5.09. The zero-order chi connectivity index (χ0) is 27.5. The fourth-order valence-electron chi connectivity index (χ4n) is 4.71. The third-order valence-corrected chi connectivity index (χ3v) is 7.70. The van der Waals surface area contributed by atoms with E-state index in [1.807, 2.05) is 60.0 Å². The number of anilines is 2. The summed E-state index contributed by atoms with van der Waals surface area (Å²) in [6.07, 6.45) is 0.385. The summed E-state index contributed by atoms with van der Waals surface area (Å²) in [5.74, 6) is 1.29. The van der Waals surface area contributed by atoms with Gasteiger partial charge in [-0.25, -0.2) is 0 Å². The molecule has 0 saturated carbocycles. The summed E-state index contributed by atoms with van der Waals surface area (Å²) in [5.41, 5.74) is 2.00. The average Bonchev–Trinajstić information content (AvgIpc) is 3.77. The normalized spacial score (nSPS) is 13.5. The molecular weight excluding hydrogens is 530 g/mol. The van der Waals surface area contributed by atoms with Crippen molar-refractivity contribution in [2.24, 2.45) is 0 Å². The Morgan fingerprint density at radius 2 is 1.82 bits per heavy atom. The molecule has 10 nitrogen and oxygen atoms in total. The molecule has 0 unspecified atom stereocenters. The maximum absolute atomic E-state index is 13.6. The lowest BCUT2D eigenvalue weighted by Gasteiger charge is -2.35. The summed E-state index contributed by atoms with van der Waals surface area (Å²) in [6.45, 7) is 2.41. The van der Waals surface area contributed by atoms with Gasteiger partial charge in [-0.3, -0.25) is 9.59 Å². The van der Waals surface area contributed by atoms with Crippen molar-refractivity contribution in [2.45, 2.75) is 12.8 Å². The molecule has 204 valence electrons. The summed E-state index contributed by atoms with van der Waals surface area (Å²) >= 11 is 1.52. The van der Waals surface area contributed by atoms with Crippen LogP contribution >= 0.6 is 11.3 Å². The van der Waals surface area contributed by atoms with Gasteiger partial charge in [-0.2, -0.15) is 4.98 Å². The molecule has 1 N–H and O–H groups in total. The highest BCUT2D eigenvalue weighted by atomic mass is 32.1. The molecule has 0 spiro atoms. The Bertz CT molecular complexity index is 1620. The van der Waals surface area contributed by atoms with Gasteiger partial charge in [0, 0.05) is 50.1 Å². The highest BCUT2D eigenvalue weighted by molar-refractivity contribution is 7.13. The molecule has 5 aromatic rings. The van der Waals surface area contributed by atoms with Crippen LogP contribution in [-0.2, 0) is 11.2 Å². The van der Waals surface area contributed by atoms with E-state index in [0.717, 1.165) is 16.3 Å². The van der Waals surface area contributed by atoms with Crippen LogP contribution in [0.15, 0.2) is 75.0 Å². The number of carbonyl (C=O) groups excluding carboxylic acids is 2. The zero-order valence-corrected chi connectivity index (χ0v) is 22.6. The maximum atomic E-state index is 13.6. The van der Waals surface area contributed by atoms with Crippen molar-refractivity contribution in [3.63, 3.8) is 0 Å². The van der Waals surface area contributed by atoms with Crippen LogP contribution in [0.1, 0.15) is 22.9 Å². The van der Waals surface area contributed by atoms with Gasteiger partial charge in [0.05, 0.1) is 12.0 Å². The molecule has 1 aliphatic rings. The van der Waals surface area contributed by atoms with Crippen molar-refractivity contribution in [1.82, 2.24) is 15.0 Å². The molecule has 0 atom stereocenters. The van der Waals surface area contributed by atoms with Crippen LogP contribution in [0.5, 0.6) is 5.75 Å². The number of rotatable bonds is 8. The summed E-state index contributed by atoms with van der Waals surface area (Å²) in [7, 11) is 1.64. The highest BCUT2D eigenvalue weighted by Crippen LogP contribution is 2.32. The number of carbonyl (C=O) groups is 2. The minimum absolute atomic E-state index is 0.111. The fourth-order valence-corrected chi connectivity index (χ4v) is 5.36. The second kappa shape index (κ2) is 11.2. The van der Waals surface area contributed by atoms with Crippen molar-refractivity contribution in [2.75, 3.05) is 43.5 Å². The quantitative estimate of drug-likeness (QED) is 0.281. The lowest BCUT2D eigenvalue weighted by atomic mass is 10.2. The van der Waals surface area contributed by atoms with E-state index in [9.17, 15) is 9.59 Å². The van der Waals surface area contributed by atoms with Crippen molar-refractivity contribution >= 4 is 45.5 Å². The van der Waals surface area contributed by atoms with Gasteiger partial charge in [0.1, 0.15) is 17.0 Å². The van der Waals surface area contributed by atoms with Gasteiger partial charge in [-0.05, 0) is 47.8 Å². The third kappa shape index (κ3) is 5.28. The molecule has 0 bridgehead atoms. The van der Waals surface area contributed by atoms with E-state index >= 15 is 0 Å².